The first-order valence-electron chi connectivity index (χ1n) is 5.60. The first-order chi connectivity index (χ1) is 9.35. The quantitative estimate of drug-likeness (QED) is 0.857. The van der Waals surface area contributed by atoms with Crippen molar-refractivity contribution in [3.8, 4) is 0 Å². The number of sulfonamides is 1. The minimum atomic E-state index is -3.86. The van der Waals surface area contributed by atoms with Gasteiger partial charge < -0.3 is 5.73 Å². The van der Waals surface area contributed by atoms with Crippen LogP contribution in [0.2, 0.25) is 0 Å². The fraction of sp³-hybridized carbons (Fsp3) is 0.167. The fourth-order valence-corrected chi connectivity index (χ4v) is 4.88. The van der Waals surface area contributed by atoms with Gasteiger partial charge in [0.25, 0.3) is 10.0 Å². The zero-order valence-corrected chi connectivity index (χ0v) is 13.7. The average molecular weight is 379 g/mol. The molecule has 3 N–H and O–H groups in total. The summed E-state index contributed by atoms with van der Waals surface area (Å²) in [5.41, 5.74) is 6.04. The van der Waals surface area contributed by atoms with E-state index in [2.05, 4.69) is 20.7 Å². The maximum Gasteiger partial charge on any atom is 0.263 e. The number of thiophene rings is 1. The van der Waals surface area contributed by atoms with Gasteiger partial charge in [0.1, 0.15) is 10.7 Å². The summed E-state index contributed by atoms with van der Waals surface area (Å²) in [4.78, 5) is 0.676. The van der Waals surface area contributed by atoms with Gasteiger partial charge in [-0.25, -0.2) is 12.8 Å². The Morgan fingerprint density at radius 2 is 2.15 bits per heavy atom. The summed E-state index contributed by atoms with van der Waals surface area (Å²) in [6.07, 6.45) is 0. The second kappa shape index (κ2) is 5.80. The number of benzene rings is 1. The summed E-state index contributed by atoms with van der Waals surface area (Å²) in [6, 6.07) is 4.05. The SMILES string of the molecule is Cc1csc(CN)c1S(=O)(=O)Nc1cc(Br)ccc1F. The molecule has 8 heteroatoms. The smallest absolute Gasteiger partial charge is 0.263 e. The van der Waals surface area contributed by atoms with Crippen LogP contribution in [0.4, 0.5) is 10.1 Å². The number of nitrogens with two attached hydrogens (primary N) is 1. The minimum Gasteiger partial charge on any atom is -0.326 e. The van der Waals surface area contributed by atoms with Crippen LogP contribution in [0.1, 0.15) is 10.4 Å². The van der Waals surface area contributed by atoms with Crippen molar-refractivity contribution in [1.29, 1.82) is 0 Å². The lowest BCUT2D eigenvalue weighted by atomic mass is 10.3. The van der Waals surface area contributed by atoms with Crippen molar-refractivity contribution in [2.24, 2.45) is 5.73 Å². The lowest BCUT2D eigenvalue weighted by Gasteiger charge is -2.10. The van der Waals surface area contributed by atoms with Gasteiger partial charge in [-0.3, -0.25) is 4.72 Å². The first kappa shape index (κ1) is 15.4. The van der Waals surface area contributed by atoms with Gasteiger partial charge in [-0.05, 0) is 36.1 Å². The highest BCUT2D eigenvalue weighted by atomic mass is 79.9. The molecular weight excluding hydrogens is 367 g/mol. The van der Waals surface area contributed by atoms with E-state index in [9.17, 15) is 12.8 Å². The van der Waals surface area contributed by atoms with Gasteiger partial charge in [0.2, 0.25) is 0 Å². The number of hydrogen-bond acceptors (Lipinski definition) is 4. The van der Waals surface area contributed by atoms with Crippen LogP contribution in [0.3, 0.4) is 0 Å². The van der Waals surface area contributed by atoms with Gasteiger partial charge in [0, 0.05) is 15.9 Å². The molecule has 0 aliphatic heterocycles. The van der Waals surface area contributed by atoms with Crippen molar-refractivity contribution in [3.63, 3.8) is 0 Å². The van der Waals surface area contributed by atoms with Crippen LogP contribution < -0.4 is 10.5 Å². The first-order valence-corrected chi connectivity index (χ1v) is 8.75. The molecule has 4 nitrogen and oxygen atoms in total. The molecule has 0 fully saturated rings. The van der Waals surface area contributed by atoms with Crippen molar-refractivity contribution >= 4 is 43.0 Å². The molecule has 1 heterocycles. The Morgan fingerprint density at radius 1 is 1.45 bits per heavy atom. The van der Waals surface area contributed by atoms with E-state index in [0.717, 1.165) is 0 Å². The Labute approximate surface area is 129 Å². The molecule has 2 aromatic rings. The third-order valence-corrected chi connectivity index (χ3v) is 5.96. The molecule has 0 aliphatic rings. The summed E-state index contributed by atoms with van der Waals surface area (Å²) < 4.78 is 41.3. The molecule has 0 radical (unpaired) electrons. The van der Waals surface area contributed by atoms with E-state index in [1.165, 1.54) is 29.5 Å². The van der Waals surface area contributed by atoms with E-state index in [-0.39, 0.29) is 17.1 Å². The molecule has 0 saturated carbocycles. The molecule has 0 spiro atoms. The van der Waals surface area contributed by atoms with Crippen LogP contribution in [-0.4, -0.2) is 8.42 Å². The third-order valence-electron chi connectivity index (χ3n) is 2.62. The summed E-state index contributed by atoms with van der Waals surface area (Å²) in [7, 11) is -3.86. The van der Waals surface area contributed by atoms with Gasteiger partial charge in [-0.1, -0.05) is 15.9 Å². The van der Waals surface area contributed by atoms with E-state index in [4.69, 9.17) is 5.73 Å². The predicted octanol–water partition coefficient (Wildman–Crippen LogP) is 3.22. The van der Waals surface area contributed by atoms with Crippen molar-refractivity contribution in [3.05, 3.63) is 44.3 Å². The Morgan fingerprint density at radius 3 is 2.80 bits per heavy atom. The number of anilines is 1. The molecule has 0 unspecified atom stereocenters. The standard InChI is InChI=1S/C12H12BrFN2O2S2/c1-7-6-19-11(5-15)12(7)20(17,18)16-10-4-8(13)2-3-9(10)14/h2-4,6,16H,5,15H2,1H3. The van der Waals surface area contributed by atoms with Gasteiger partial charge >= 0.3 is 0 Å². The second-order valence-corrected chi connectivity index (χ2v) is 7.60. The Hall–Kier alpha value is -0.960. The molecule has 0 aliphatic carbocycles. The largest absolute Gasteiger partial charge is 0.326 e. The average Bonchev–Trinajstić information content (AvgIpc) is 2.75. The van der Waals surface area contributed by atoms with E-state index in [1.54, 1.807) is 12.3 Å². The Balaban J connectivity index is 2.46. The topological polar surface area (TPSA) is 72.2 Å². The Kier molecular flexibility index (Phi) is 4.48. The van der Waals surface area contributed by atoms with Crippen LogP contribution in [0, 0.1) is 12.7 Å². The molecular formula is C12H12BrFN2O2S2. The Bertz CT molecular complexity index is 744. The second-order valence-electron chi connectivity index (χ2n) is 4.10. The summed E-state index contributed by atoms with van der Waals surface area (Å²) >= 11 is 4.45. The number of rotatable bonds is 4. The molecule has 0 saturated heterocycles. The summed E-state index contributed by atoms with van der Waals surface area (Å²) in [5.74, 6) is -0.640. The van der Waals surface area contributed by atoms with Crippen molar-refractivity contribution in [1.82, 2.24) is 0 Å². The molecule has 1 aromatic carbocycles. The van der Waals surface area contributed by atoms with Crippen LogP contribution >= 0.6 is 27.3 Å². The maximum atomic E-state index is 13.7. The van der Waals surface area contributed by atoms with Crippen molar-refractivity contribution in [2.45, 2.75) is 18.4 Å². The van der Waals surface area contributed by atoms with E-state index in [1.807, 2.05) is 0 Å². The summed E-state index contributed by atoms with van der Waals surface area (Å²) in [6.45, 7) is 1.80. The fourth-order valence-electron chi connectivity index (χ4n) is 1.76. The lowest BCUT2D eigenvalue weighted by Crippen LogP contribution is -2.16. The van der Waals surface area contributed by atoms with E-state index in [0.29, 0.717) is 14.9 Å². The van der Waals surface area contributed by atoms with Gasteiger partial charge in [-0.2, -0.15) is 0 Å². The van der Waals surface area contributed by atoms with Crippen LogP contribution in [0.5, 0.6) is 0 Å². The molecule has 20 heavy (non-hydrogen) atoms. The van der Waals surface area contributed by atoms with Crippen LogP contribution in [0.15, 0.2) is 32.9 Å². The highest BCUT2D eigenvalue weighted by molar-refractivity contribution is 9.10. The molecule has 2 rings (SSSR count). The molecule has 108 valence electrons. The van der Waals surface area contributed by atoms with Crippen molar-refractivity contribution in [2.75, 3.05) is 4.72 Å². The zero-order chi connectivity index (χ0) is 14.9. The highest BCUT2D eigenvalue weighted by Gasteiger charge is 2.23. The number of aryl methyl sites for hydroxylation is 1. The van der Waals surface area contributed by atoms with E-state index < -0.39 is 15.8 Å². The molecule has 0 atom stereocenters. The highest BCUT2D eigenvalue weighted by Crippen LogP contribution is 2.29. The lowest BCUT2D eigenvalue weighted by molar-refractivity contribution is 0.597. The zero-order valence-electron chi connectivity index (χ0n) is 10.5. The molecule has 1 aromatic heterocycles. The van der Waals surface area contributed by atoms with Crippen molar-refractivity contribution < 1.29 is 12.8 Å². The predicted molar refractivity (Wildman–Crippen MR) is 81.9 cm³/mol. The van der Waals surface area contributed by atoms with Gasteiger partial charge in [0.05, 0.1) is 5.69 Å². The molecule has 0 amide bonds. The molecule has 0 bridgehead atoms. The van der Waals surface area contributed by atoms with Crippen LogP contribution in [-0.2, 0) is 16.6 Å². The van der Waals surface area contributed by atoms with Crippen LogP contribution in [0.25, 0.3) is 0 Å². The van der Waals surface area contributed by atoms with Gasteiger partial charge in [-0.15, -0.1) is 11.3 Å². The van der Waals surface area contributed by atoms with Gasteiger partial charge in [0.15, 0.2) is 0 Å². The monoisotopic (exact) mass is 378 g/mol. The maximum absolute atomic E-state index is 13.7. The summed E-state index contributed by atoms with van der Waals surface area (Å²) in [5, 5.41) is 1.72. The third kappa shape index (κ3) is 3.03. The normalized spacial score (nSPS) is 11.6. The minimum absolute atomic E-state index is 0.104. The van der Waals surface area contributed by atoms with E-state index >= 15 is 0 Å². The number of halogens is 2. The number of hydrogen-bond donors (Lipinski definition) is 2. The number of nitrogens with one attached hydrogen (secondary N) is 1.